The number of nitrogens with one attached hydrogen (secondary N) is 1. The molecule has 0 heterocycles. The fraction of sp³-hybridized carbons (Fsp3) is 0.417. The molecular weight excluding hydrogens is 355 g/mol. The van der Waals surface area contributed by atoms with Crippen molar-refractivity contribution in [3.05, 3.63) is 33.1 Å². The molecule has 0 fully saturated rings. The lowest BCUT2D eigenvalue weighted by atomic mass is 10.1. The van der Waals surface area contributed by atoms with Gasteiger partial charge in [-0.15, -0.1) is 0 Å². The Kier molecular flexibility index (Phi) is 6.03. The van der Waals surface area contributed by atoms with E-state index in [1.165, 1.54) is 0 Å². The van der Waals surface area contributed by atoms with Crippen LogP contribution in [0.2, 0.25) is 5.02 Å². The summed E-state index contributed by atoms with van der Waals surface area (Å²) in [6.07, 6.45) is -0.0170. The van der Waals surface area contributed by atoms with E-state index in [0.29, 0.717) is 12.1 Å². The van der Waals surface area contributed by atoms with E-state index in [2.05, 4.69) is 0 Å². The van der Waals surface area contributed by atoms with Crippen LogP contribution in [0.25, 0.3) is 0 Å². The van der Waals surface area contributed by atoms with Crippen LogP contribution in [0.1, 0.15) is 20.3 Å². The first-order valence-corrected chi connectivity index (χ1v) is 8.20. The number of benzene rings is 1. The molecular formula is C12H14ClFN2O6S. The molecule has 1 atom stereocenters. The molecule has 0 radical (unpaired) electrons. The van der Waals surface area contributed by atoms with Crippen LogP contribution in [0.4, 0.5) is 10.1 Å². The molecule has 0 amide bonds. The van der Waals surface area contributed by atoms with Crippen molar-refractivity contribution in [2.45, 2.75) is 31.2 Å². The molecule has 1 aromatic rings. The van der Waals surface area contributed by atoms with Crippen LogP contribution in [-0.4, -0.2) is 30.5 Å². The third kappa shape index (κ3) is 4.85. The van der Waals surface area contributed by atoms with Crippen molar-refractivity contribution < 1.29 is 27.6 Å². The van der Waals surface area contributed by atoms with Gasteiger partial charge in [0.15, 0.2) is 0 Å². The monoisotopic (exact) mass is 368 g/mol. The third-order valence-corrected chi connectivity index (χ3v) is 4.58. The first-order chi connectivity index (χ1) is 10.5. The fourth-order valence-electron chi connectivity index (χ4n) is 1.79. The highest BCUT2D eigenvalue weighted by Crippen LogP contribution is 2.29. The molecule has 8 nitrogen and oxygen atoms in total. The Hall–Kier alpha value is -1.78. The maximum absolute atomic E-state index is 13.9. The molecule has 0 unspecified atom stereocenters. The van der Waals surface area contributed by atoms with E-state index < -0.39 is 48.4 Å². The van der Waals surface area contributed by atoms with Crippen LogP contribution in [0.3, 0.4) is 0 Å². The molecule has 0 saturated heterocycles. The van der Waals surface area contributed by atoms with E-state index >= 15 is 0 Å². The summed E-state index contributed by atoms with van der Waals surface area (Å²) in [6, 6.07) is -0.519. The zero-order chi connectivity index (χ0) is 17.9. The smallest absolute Gasteiger partial charge is 0.321 e. The van der Waals surface area contributed by atoms with Gasteiger partial charge in [-0.2, -0.15) is 4.72 Å². The van der Waals surface area contributed by atoms with Crippen molar-refractivity contribution in [3.63, 3.8) is 0 Å². The van der Waals surface area contributed by atoms with Crippen LogP contribution in [0.15, 0.2) is 17.0 Å². The van der Waals surface area contributed by atoms with Crippen molar-refractivity contribution in [2.24, 2.45) is 5.92 Å². The van der Waals surface area contributed by atoms with Gasteiger partial charge >= 0.3 is 5.97 Å². The number of hydrogen-bond acceptors (Lipinski definition) is 5. The Labute approximate surface area is 136 Å². The minimum atomic E-state index is -4.56. The van der Waals surface area contributed by atoms with Gasteiger partial charge in [-0.3, -0.25) is 14.9 Å². The highest BCUT2D eigenvalue weighted by Gasteiger charge is 2.30. The predicted molar refractivity (Wildman–Crippen MR) is 79.3 cm³/mol. The second-order valence-corrected chi connectivity index (χ2v) is 7.22. The summed E-state index contributed by atoms with van der Waals surface area (Å²) in [4.78, 5) is 19.8. The van der Waals surface area contributed by atoms with E-state index in [4.69, 9.17) is 16.7 Å². The van der Waals surface area contributed by atoms with Gasteiger partial charge in [-0.1, -0.05) is 25.4 Å². The lowest BCUT2D eigenvalue weighted by Gasteiger charge is -2.17. The van der Waals surface area contributed by atoms with Gasteiger partial charge in [0.1, 0.15) is 21.8 Å². The summed E-state index contributed by atoms with van der Waals surface area (Å²) in [5, 5.41) is 19.1. The van der Waals surface area contributed by atoms with Crippen molar-refractivity contribution in [2.75, 3.05) is 0 Å². The van der Waals surface area contributed by atoms with E-state index in [9.17, 15) is 27.7 Å². The minimum Gasteiger partial charge on any atom is -0.480 e. The Morgan fingerprint density at radius 1 is 1.48 bits per heavy atom. The topological polar surface area (TPSA) is 127 Å². The molecule has 0 aliphatic heterocycles. The average Bonchev–Trinajstić information content (AvgIpc) is 2.38. The molecule has 0 bridgehead atoms. The minimum absolute atomic E-state index is 0.0170. The number of hydrogen-bond donors (Lipinski definition) is 2. The number of carboxylic acid groups (broad SMARTS) is 1. The predicted octanol–water partition coefficient (Wildman–Crippen LogP) is 2.16. The number of carboxylic acids is 1. The number of halogens is 2. The summed E-state index contributed by atoms with van der Waals surface area (Å²) < 4.78 is 40.0. The number of nitro benzene ring substituents is 1. The zero-order valence-electron chi connectivity index (χ0n) is 12.1. The average molecular weight is 369 g/mol. The standard InChI is InChI=1S/C12H14ClFN2O6S/c1-6(2)3-9(12(17)18)15-23(21,22)11-4-7(13)10(16(19)20)5-8(11)14/h4-6,9,15H,3H2,1-2H3,(H,17,18)/t9-/m1/s1. The Balaban J connectivity index is 3.25. The summed E-state index contributed by atoms with van der Waals surface area (Å²) in [5.74, 6) is -2.96. The fourth-order valence-corrected chi connectivity index (χ4v) is 3.37. The lowest BCUT2D eigenvalue weighted by molar-refractivity contribution is -0.384. The first kappa shape index (κ1) is 19.3. The number of aliphatic carboxylic acids is 1. The maximum atomic E-state index is 13.9. The summed E-state index contributed by atoms with van der Waals surface area (Å²) >= 11 is 5.57. The first-order valence-electron chi connectivity index (χ1n) is 6.34. The second-order valence-electron chi connectivity index (χ2n) is 5.13. The number of nitro groups is 1. The van der Waals surface area contributed by atoms with Crippen LogP contribution in [0, 0.1) is 21.8 Å². The van der Waals surface area contributed by atoms with Crippen LogP contribution >= 0.6 is 11.6 Å². The maximum Gasteiger partial charge on any atom is 0.321 e. The quantitative estimate of drug-likeness (QED) is 0.561. The van der Waals surface area contributed by atoms with E-state index in [0.717, 1.165) is 0 Å². The Morgan fingerprint density at radius 2 is 2.04 bits per heavy atom. The SMILES string of the molecule is CC(C)C[C@@H](NS(=O)(=O)c1cc(Cl)c([N+](=O)[O-])cc1F)C(=O)O. The number of carbonyl (C=O) groups is 1. The van der Waals surface area contributed by atoms with E-state index in [1.807, 2.05) is 4.72 Å². The summed E-state index contributed by atoms with van der Waals surface area (Å²) in [5.41, 5.74) is -0.792. The summed E-state index contributed by atoms with van der Waals surface area (Å²) in [7, 11) is -4.56. The van der Waals surface area contributed by atoms with Gasteiger partial charge < -0.3 is 5.11 Å². The van der Waals surface area contributed by atoms with Gasteiger partial charge in [0, 0.05) is 0 Å². The molecule has 128 valence electrons. The molecule has 1 rings (SSSR count). The van der Waals surface area contributed by atoms with Crippen molar-refractivity contribution in [3.8, 4) is 0 Å². The highest BCUT2D eigenvalue weighted by molar-refractivity contribution is 7.89. The molecule has 0 saturated carbocycles. The third-order valence-electron chi connectivity index (χ3n) is 2.79. The largest absolute Gasteiger partial charge is 0.480 e. The van der Waals surface area contributed by atoms with Gasteiger partial charge in [-0.05, 0) is 18.4 Å². The van der Waals surface area contributed by atoms with E-state index in [1.54, 1.807) is 13.8 Å². The van der Waals surface area contributed by atoms with Crippen LogP contribution in [0.5, 0.6) is 0 Å². The lowest BCUT2D eigenvalue weighted by Crippen LogP contribution is -2.41. The molecule has 2 N–H and O–H groups in total. The Bertz CT molecular complexity index is 737. The zero-order valence-corrected chi connectivity index (χ0v) is 13.7. The molecule has 0 aliphatic carbocycles. The van der Waals surface area contributed by atoms with Crippen molar-refractivity contribution in [1.82, 2.24) is 4.72 Å². The van der Waals surface area contributed by atoms with Crippen LogP contribution < -0.4 is 4.72 Å². The number of nitrogens with zero attached hydrogens (tertiary/aromatic N) is 1. The van der Waals surface area contributed by atoms with Crippen LogP contribution in [-0.2, 0) is 14.8 Å². The van der Waals surface area contributed by atoms with Gasteiger partial charge in [0.2, 0.25) is 10.0 Å². The molecule has 1 aromatic carbocycles. The normalized spacial score (nSPS) is 13.1. The number of rotatable bonds is 7. The highest BCUT2D eigenvalue weighted by atomic mass is 35.5. The van der Waals surface area contributed by atoms with Gasteiger partial charge in [-0.25, -0.2) is 12.8 Å². The molecule has 0 aromatic heterocycles. The summed E-state index contributed by atoms with van der Waals surface area (Å²) in [6.45, 7) is 3.38. The Morgan fingerprint density at radius 3 is 2.48 bits per heavy atom. The molecule has 23 heavy (non-hydrogen) atoms. The van der Waals surface area contributed by atoms with E-state index in [-0.39, 0.29) is 12.3 Å². The van der Waals surface area contributed by atoms with Crippen molar-refractivity contribution in [1.29, 1.82) is 0 Å². The van der Waals surface area contributed by atoms with Gasteiger partial charge in [0.25, 0.3) is 5.69 Å². The molecule has 11 heteroatoms. The molecule has 0 spiro atoms. The molecule has 0 aliphatic rings. The van der Waals surface area contributed by atoms with Gasteiger partial charge in [0.05, 0.1) is 11.0 Å². The number of sulfonamides is 1. The second kappa shape index (κ2) is 7.20. The van der Waals surface area contributed by atoms with Crippen molar-refractivity contribution >= 4 is 33.3 Å².